The summed E-state index contributed by atoms with van der Waals surface area (Å²) in [6, 6.07) is 0. The topological polar surface area (TPSA) is 6.48 Å². The normalized spacial score (nSPS) is 26.1. The van der Waals surface area contributed by atoms with Gasteiger partial charge in [-0.05, 0) is 51.9 Å². The fourth-order valence-electron chi connectivity index (χ4n) is 2.66. The molecule has 0 bridgehead atoms. The maximum Gasteiger partial charge on any atom is 0.0810 e. The first-order valence-corrected chi connectivity index (χ1v) is 7.18. The van der Waals surface area contributed by atoms with Crippen LogP contribution in [-0.2, 0) is 0 Å². The molecule has 0 radical (unpaired) electrons. The molecule has 3 heteroatoms. The molecule has 0 spiro atoms. The molecule has 2 saturated heterocycles. The second-order valence-electron chi connectivity index (χ2n) is 4.43. The zero-order valence-corrected chi connectivity index (χ0v) is 11.3. The van der Waals surface area contributed by atoms with Crippen LogP contribution >= 0.6 is 0 Å². The summed E-state index contributed by atoms with van der Waals surface area (Å²) in [7, 11) is 1.20. The molecule has 2 aliphatic rings. The second-order valence-corrected chi connectivity index (χ2v) is 5.09. The van der Waals surface area contributed by atoms with Crippen LogP contribution in [0.3, 0.4) is 0 Å². The lowest BCUT2D eigenvalue weighted by Gasteiger charge is -2.32. The number of hydrogen-bond acceptors (Lipinski definition) is 2. The molecular weight excluding hydrogens is 188 g/mol. The fourth-order valence-corrected chi connectivity index (χ4v) is 3.00. The van der Waals surface area contributed by atoms with E-state index in [4.69, 9.17) is 0 Å². The van der Waals surface area contributed by atoms with E-state index in [1.54, 1.807) is 0 Å². The predicted molar refractivity (Wildman–Crippen MR) is 64.5 cm³/mol. The second kappa shape index (κ2) is 5.10. The van der Waals surface area contributed by atoms with Crippen molar-refractivity contribution in [3.63, 3.8) is 0 Å². The molecule has 2 aliphatic heterocycles. The third kappa shape index (κ3) is 2.27. The van der Waals surface area contributed by atoms with E-state index in [1.165, 1.54) is 62.1 Å². The summed E-state index contributed by atoms with van der Waals surface area (Å²) in [4.78, 5) is 5.30. The Morgan fingerprint density at radius 3 is 1.64 bits per heavy atom. The van der Waals surface area contributed by atoms with Gasteiger partial charge in [0.15, 0.2) is 0 Å². The Kier molecular flexibility index (Phi) is 3.79. The molecule has 2 fully saturated rings. The zero-order valence-electron chi connectivity index (χ0n) is 9.28. The van der Waals surface area contributed by atoms with Gasteiger partial charge in [0.25, 0.3) is 0 Å². The van der Waals surface area contributed by atoms with Crippen molar-refractivity contribution in [1.29, 1.82) is 0 Å². The van der Waals surface area contributed by atoms with E-state index < -0.39 is 0 Å². The molecule has 0 amide bonds. The summed E-state index contributed by atoms with van der Waals surface area (Å²) in [6.45, 7) is 5.25. The van der Waals surface area contributed by atoms with Gasteiger partial charge in [0.1, 0.15) is 0 Å². The molecule has 0 aliphatic carbocycles. The largest absolute Gasteiger partial charge is 0.285 e. The highest BCUT2D eigenvalue weighted by Crippen LogP contribution is 2.19. The average Bonchev–Trinajstić information content (AvgIpc) is 2.87. The summed E-state index contributed by atoms with van der Waals surface area (Å²) in [6.07, 6.45) is 8.68. The lowest BCUT2D eigenvalue weighted by Crippen LogP contribution is -2.44. The van der Waals surface area contributed by atoms with Crippen LogP contribution in [0.4, 0.5) is 0 Å². The molecule has 0 N–H and O–H groups in total. The molecule has 0 unspecified atom stereocenters. The molecule has 0 aromatic carbocycles. The first-order chi connectivity index (χ1) is 6.92. The average molecular weight is 210 g/mol. The highest BCUT2D eigenvalue weighted by Gasteiger charge is 2.26. The van der Waals surface area contributed by atoms with E-state index in [1.807, 2.05) is 0 Å². The Labute approximate surface area is 90.4 Å². The number of nitrogens with zero attached hydrogens (tertiary/aromatic N) is 2. The van der Waals surface area contributed by atoms with Gasteiger partial charge in [-0.25, -0.2) is 0 Å². The lowest BCUT2D eigenvalue weighted by atomic mass is 10.3. The molecule has 2 heterocycles. The molecule has 14 heavy (non-hydrogen) atoms. The van der Waals surface area contributed by atoms with Gasteiger partial charge >= 0.3 is 0 Å². The summed E-state index contributed by atoms with van der Waals surface area (Å²) in [5, 5.41) is 0. The Balaban J connectivity index is 1.98. The van der Waals surface area contributed by atoms with Crippen molar-refractivity contribution in [2.24, 2.45) is 0 Å². The maximum atomic E-state index is 2.65. The van der Waals surface area contributed by atoms with E-state index in [0.717, 1.165) is 0 Å². The highest BCUT2D eigenvalue weighted by atomic mass is 28.1. The minimum Gasteiger partial charge on any atom is -0.285 e. The van der Waals surface area contributed by atoms with Gasteiger partial charge in [-0.2, -0.15) is 0 Å². The van der Waals surface area contributed by atoms with Crippen LogP contribution in [0.25, 0.3) is 0 Å². The lowest BCUT2D eigenvalue weighted by molar-refractivity contribution is 0.118. The van der Waals surface area contributed by atoms with Gasteiger partial charge in [0.05, 0.1) is 6.17 Å². The van der Waals surface area contributed by atoms with E-state index in [2.05, 4.69) is 21.6 Å². The first-order valence-electron chi connectivity index (χ1n) is 6.03. The number of rotatable bonds is 3. The van der Waals surface area contributed by atoms with E-state index in [0.29, 0.717) is 6.17 Å². The van der Waals surface area contributed by atoms with Gasteiger partial charge in [-0.15, -0.1) is 5.70 Å². The first kappa shape index (κ1) is 10.4. The highest BCUT2D eigenvalue weighted by molar-refractivity contribution is 6.17. The zero-order chi connectivity index (χ0) is 9.80. The van der Waals surface area contributed by atoms with Gasteiger partial charge in [-0.3, -0.25) is 9.80 Å². The van der Waals surface area contributed by atoms with Gasteiger partial charge < -0.3 is 0 Å². The molecule has 0 aromatic rings. The van der Waals surface area contributed by atoms with Crippen molar-refractivity contribution in [1.82, 2.24) is 9.80 Å². The van der Waals surface area contributed by atoms with Crippen LogP contribution in [0.1, 0.15) is 25.7 Å². The van der Waals surface area contributed by atoms with Crippen molar-refractivity contribution >= 4 is 10.2 Å². The molecular formula is C11H22N2Si. The van der Waals surface area contributed by atoms with Crippen molar-refractivity contribution in [3.05, 3.63) is 11.8 Å². The molecule has 0 saturated carbocycles. The SMILES string of the molecule is [SiH3]C=CC(N1CCCC1)N1CCCC1. The maximum absolute atomic E-state index is 2.65. The number of likely N-dealkylation sites (tertiary alicyclic amines) is 2. The van der Waals surface area contributed by atoms with Crippen molar-refractivity contribution in [2.45, 2.75) is 31.8 Å². The molecule has 0 atom stereocenters. The predicted octanol–water partition coefficient (Wildman–Crippen LogP) is 0.383. The fraction of sp³-hybridized carbons (Fsp3) is 0.818. The van der Waals surface area contributed by atoms with Gasteiger partial charge in [-0.1, -0.05) is 6.08 Å². The van der Waals surface area contributed by atoms with E-state index in [9.17, 15) is 0 Å². The third-order valence-electron chi connectivity index (χ3n) is 3.39. The Morgan fingerprint density at radius 1 is 0.857 bits per heavy atom. The van der Waals surface area contributed by atoms with Crippen molar-refractivity contribution in [2.75, 3.05) is 26.2 Å². The Bertz CT molecular complexity index is 177. The Hall–Kier alpha value is -0.123. The molecule has 2 rings (SSSR count). The summed E-state index contributed by atoms with van der Waals surface area (Å²) >= 11 is 0. The molecule has 2 nitrogen and oxygen atoms in total. The van der Waals surface area contributed by atoms with Crippen molar-refractivity contribution in [3.8, 4) is 0 Å². The number of hydrogen-bond donors (Lipinski definition) is 0. The van der Waals surface area contributed by atoms with Crippen LogP contribution < -0.4 is 0 Å². The Morgan fingerprint density at radius 2 is 1.29 bits per heavy atom. The molecule has 0 aromatic heterocycles. The summed E-state index contributed by atoms with van der Waals surface area (Å²) < 4.78 is 0. The van der Waals surface area contributed by atoms with Gasteiger partial charge in [0, 0.05) is 10.2 Å². The van der Waals surface area contributed by atoms with Gasteiger partial charge in [0.2, 0.25) is 0 Å². The third-order valence-corrected chi connectivity index (χ3v) is 3.78. The minimum absolute atomic E-state index is 0.637. The van der Waals surface area contributed by atoms with E-state index in [-0.39, 0.29) is 0 Å². The quantitative estimate of drug-likeness (QED) is 0.622. The minimum atomic E-state index is 0.637. The summed E-state index contributed by atoms with van der Waals surface area (Å²) in [5.41, 5.74) is 2.35. The van der Waals surface area contributed by atoms with Crippen LogP contribution in [0.15, 0.2) is 11.8 Å². The standard InChI is InChI=1S/C11H22N2Si/c14-10-5-11(12-6-1-2-7-12)13-8-3-4-9-13/h5,10-11H,1-4,6-9H2,14H3. The molecule has 80 valence electrons. The van der Waals surface area contributed by atoms with Crippen LogP contribution in [0.5, 0.6) is 0 Å². The smallest absolute Gasteiger partial charge is 0.0810 e. The van der Waals surface area contributed by atoms with Crippen LogP contribution in [0.2, 0.25) is 0 Å². The van der Waals surface area contributed by atoms with E-state index >= 15 is 0 Å². The van der Waals surface area contributed by atoms with Crippen LogP contribution in [-0.4, -0.2) is 52.4 Å². The van der Waals surface area contributed by atoms with Crippen molar-refractivity contribution < 1.29 is 0 Å². The monoisotopic (exact) mass is 210 g/mol. The summed E-state index contributed by atoms with van der Waals surface area (Å²) in [5.74, 6) is 0. The van der Waals surface area contributed by atoms with Crippen LogP contribution in [0, 0.1) is 0 Å².